The van der Waals surface area contributed by atoms with Gasteiger partial charge in [0.05, 0.1) is 18.8 Å². The monoisotopic (exact) mass is 428 g/mol. The summed E-state index contributed by atoms with van der Waals surface area (Å²) in [6.45, 7) is 2.83. The molecule has 30 heavy (non-hydrogen) atoms. The first kappa shape index (κ1) is 21.9. The normalized spacial score (nSPS) is 13.9. The topological polar surface area (TPSA) is 70.1 Å². The number of nitrogens with zero attached hydrogens (tertiary/aromatic N) is 2. The molecule has 2 amide bonds. The quantitative estimate of drug-likeness (QED) is 0.622. The van der Waals surface area contributed by atoms with Crippen molar-refractivity contribution in [2.24, 2.45) is 0 Å². The second-order valence-electron chi connectivity index (χ2n) is 6.96. The van der Waals surface area contributed by atoms with E-state index in [1.807, 2.05) is 19.1 Å². The van der Waals surface area contributed by atoms with Gasteiger partial charge in [0.15, 0.2) is 0 Å². The molecule has 158 valence electrons. The Labute approximate surface area is 181 Å². The molecule has 7 heteroatoms. The van der Waals surface area contributed by atoms with Crippen molar-refractivity contribution in [3.05, 3.63) is 70.4 Å². The minimum Gasteiger partial charge on any atom is -0.494 e. The van der Waals surface area contributed by atoms with E-state index in [1.165, 1.54) is 4.90 Å². The third-order valence-corrected chi connectivity index (χ3v) is 5.20. The molecule has 2 aromatic carbocycles. The summed E-state index contributed by atoms with van der Waals surface area (Å²) in [6, 6.07) is 14.5. The molecule has 1 heterocycles. The lowest BCUT2D eigenvalue weighted by molar-refractivity contribution is -0.137. The number of aliphatic hydroxyl groups excluding tert-OH is 1. The number of hydrogen-bond donors (Lipinski definition) is 1. The highest BCUT2D eigenvalue weighted by Gasteiger charge is 2.40. The fourth-order valence-electron chi connectivity index (χ4n) is 3.42. The Morgan fingerprint density at radius 3 is 2.30 bits per heavy atom. The number of amides is 2. The van der Waals surface area contributed by atoms with Crippen LogP contribution >= 0.6 is 11.6 Å². The number of hydrogen-bond acceptors (Lipinski definition) is 5. The van der Waals surface area contributed by atoms with Crippen LogP contribution < -0.4 is 4.74 Å². The second kappa shape index (κ2) is 9.78. The third-order valence-electron chi connectivity index (χ3n) is 4.95. The number of likely N-dealkylation sites (N-methyl/N-ethyl adjacent to an activating group) is 1. The summed E-state index contributed by atoms with van der Waals surface area (Å²) in [5, 5.41) is 9.98. The lowest BCUT2D eigenvalue weighted by Gasteiger charge is -2.20. The average Bonchev–Trinajstić information content (AvgIpc) is 2.98. The molecule has 3 rings (SSSR count). The number of ether oxygens (including phenoxy) is 1. The first-order chi connectivity index (χ1) is 14.5. The molecule has 0 saturated carbocycles. The molecular weight excluding hydrogens is 404 g/mol. The predicted molar refractivity (Wildman–Crippen MR) is 116 cm³/mol. The number of aliphatic hydroxyl groups is 1. The van der Waals surface area contributed by atoms with E-state index in [9.17, 15) is 14.7 Å². The molecule has 0 unspecified atom stereocenters. The van der Waals surface area contributed by atoms with Gasteiger partial charge < -0.3 is 14.7 Å². The van der Waals surface area contributed by atoms with E-state index in [1.54, 1.807) is 48.3 Å². The van der Waals surface area contributed by atoms with Gasteiger partial charge in [-0.3, -0.25) is 14.5 Å². The van der Waals surface area contributed by atoms with Crippen LogP contribution in [0, 0.1) is 0 Å². The van der Waals surface area contributed by atoms with E-state index >= 15 is 0 Å². The van der Waals surface area contributed by atoms with Crippen molar-refractivity contribution < 1.29 is 19.4 Å². The van der Waals surface area contributed by atoms with Crippen LogP contribution in [0.3, 0.4) is 0 Å². The van der Waals surface area contributed by atoms with Gasteiger partial charge in [-0.25, -0.2) is 0 Å². The predicted octanol–water partition coefficient (Wildman–Crippen LogP) is 2.99. The van der Waals surface area contributed by atoms with Crippen molar-refractivity contribution >= 4 is 29.0 Å². The molecule has 0 saturated heterocycles. The highest BCUT2D eigenvalue weighted by molar-refractivity contribution is 6.35. The summed E-state index contributed by atoms with van der Waals surface area (Å²) in [5.41, 5.74) is 2.27. The van der Waals surface area contributed by atoms with E-state index < -0.39 is 0 Å². The van der Waals surface area contributed by atoms with Crippen LogP contribution in [-0.2, 0) is 16.0 Å². The maximum Gasteiger partial charge on any atom is 0.277 e. The summed E-state index contributed by atoms with van der Waals surface area (Å²) in [6.07, 6.45) is 0.530. The van der Waals surface area contributed by atoms with Gasteiger partial charge in [-0.1, -0.05) is 35.9 Å². The minimum absolute atomic E-state index is 0.122. The molecule has 0 fully saturated rings. The van der Waals surface area contributed by atoms with Gasteiger partial charge >= 0.3 is 0 Å². The summed E-state index contributed by atoms with van der Waals surface area (Å²) >= 11 is 5.93. The van der Waals surface area contributed by atoms with Gasteiger partial charge in [0.25, 0.3) is 11.8 Å². The highest BCUT2D eigenvalue weighted by atomic mass is 35.5. The van der Waals surface area contributed by atoms with Crippen molar-refractivity contribution in [3.63, 3.8) is 0 Å². The van der Waals surface area contributed by atoms with Crippen LogP contribution in [0.1, 0.15) is 18.1 Å². The zero-order valence-corrected chi connectivity index (χ0v) is 17.9. The fourth-order valence-corrected chi connectivity index (χ4v) is 3.54. The molecule has 0 aromatic heterocycles. The van der Waals surface area contributed by atoms with Crippen LogP contribution in [0.5, 0.6) is 5.75 Å². The lowest BCUT2D eigenvalue weighted by atomic mass is 10.0. The molecule has 6 nitrogen and oxygen atoms in total. The Morgan fingerprint density at radius 1 is 1.03 bits per heavy atom. The van der Waals surface area contributed by atoms with Crippen molar-refractivity contribution in [2.45, 2.75) is 13.3 Å². The maximum absolute atomic E-state index is 13.2. The molecule has 2 aromatic rings. The fraction of sp³-hybridized carbons (Fsp3) is 0.304. The zero-order chi connectivity index (χ0) is 21.7. The minimum atomic E-state index is -0.353. The summed E-state index contributed by atoms with van der Waals surface area (Å²) in [4.78, 5) is 29.3. The smallest absolute Gasteiger partial charge is 0.277 e. The maximum atomic E-state index is 13.2. The van der Waals surface area contributed by atoms with E-state index in [2.05, 4.69) is 0 Å². The Balaban J connectivity index is 1.88. The molecule has 1 aliphatic heterocycles. The summed E-state index contributed by atoms with van der Waals surface area (Å²) in [5.74, 6) is 0.00944. The number of benzene rings is 2. The third kappa shape index (κ3) is 4.66. The van der Waals surface area contributed by atoms with Crippen molar-refractivity contribution in [2.75, 3.05) is 33.4 Å². The molecule has 0 radical (unpaired) electrons. The second-order valence-corrected chi connectivity index (χ2v) is 7.40. The standard InChI is InChI=1S/C23H25ClN2O4/c1-3-30-19-10-6-17(7-11-19)20-21(25(2)14-15-27)23(29)26(22(20)28)13-12-16-4-8-18(24)9-5-16/h4-11,27H,3,12-15H2,1-2H3. The largest absolute Gasteiger partial charge is 0.494 e. The first-order valence-corrected chi connectivity index (χ1v) is 10.2. The van der Waals surface area contributed by atoms with Crippen LogP contribution in [0.15, 0.2) is 54.2 Å². The Morgan fingerprint density at radius 2 is 1.70 bits per heavy atom. The lowest BCUT2D eigenvalue weighted by Crippen LogP contribution is -2.36. The van der Waals surface area contributed by atoms with Crippen LogP contribution in [-0.4, -0.2) is 60.1 Å². The SMILES string of the molecule is CCOc1ccc(C2=C(N(C)CCO)C(=O)N(CCc3ccc(Cl)cc3)C2=O)cc1. The molecule has 0 aliphatic carbocycles. The van der Waals surface area contributed by atoms with Crippen molar-refractivity contribution in [3.8, 4) is 5.75 Å². The van der Waals surface area contributed by atoms with Crippen molar-refractivity contribution in [1.29, 1.82) is 0 Å². The number of halogens is 1. The van der Waals surface area contributed by atoms with Gasteiger partial charge in [0, 0.05) is 25.2 Å². The Bertz CT molecular complexity index is 939. The van der Waals surface area contributed by atoms with E-state index in [0.29, 0.717) is 40.6 Å². The van der Waals surface area contributed by atoms with Gasteiger partial charge in [-0.15, -0.1) is 0 Å². The number of carbonyl (C=O) groups is 2. The van der Waals surface area contributed by atoms with Crippen LogP contribution in [0.2, 0.25) is 5.02 Å². The van der Waals surface area contributed by atoms with Crippen LogP contribution in [0.25, 0.3) is 5.57 Å². The van der Waals surface area contributed by atoms with E-state index in [0.717, 1.165) is 5.56 Å². The summed E-state index contributed by atoms with van der Waals surface area (Å²) in [7, 11) is 1.70. The van der Waals surface area contributed by atoms with Gasteiger partial charge in [-0.05, 0) is 48.7 Å². The molecule has 0 atom stereocenters. The molecule has 0 spiro atoms. The van der Waals surface area contributed by atoms with Gasteiger partial charge in [0.2, 0.25) is 0 Å². The average molecular weight is 429 g/mol. The molecular formula is C23H25ClN2O4. The first-order valence-electron chi connectivity index (χ1n) is 9.86. The van der Waals surface area contributed by atoms with Crippen molar-refractivity contribution in [1.82, 2.24) is 9.80 Å². The number of rotatable bonds is 9. The molecule has 1 aliphatic rings. The van der Waals surface area contributed by atoms with E-state index in [4.69, 9.17) is 16.3 Å². The zero-order valence-electron chi connectivity index (χ0n) is 17.1. The molecule has 0 bridgehead atoms. The molecule has 1 N–H and O–H groups in total. The number of carbonyl (C=O) groups excluding carboxylic acids is 2. The van der Waals surface area contributed by atoms with Gasteiger partial charge in [0.1, 0.15) is 11.4 Å². The van der Waals surface area contributed by atoms with E-state index in [-0.39, 0.29) is 31.5 Å². The number of imide groups is 1. The summed E-state index contributed by atoms with van der Waals surface area (Å²) < 4.78 is 5.47. The van der Waals surface area contributed by atoms with Gasteiger partial charge in [-0.2, -0.15) is 0 Å². The Hall–Kier alpha value is -2.83. The highest BCUT2D eigenvalue weighted by Crippen LogP contribution is 2.32. The van der Waals surface area contributed by atoms with Crippen LogP contribution in [0.4, 0.5) is 0 Å². The Kier molecular flexibility index (Phi) is 7.13.